The Morgan fingerprint density at radius 2 is 1.69 bits per heavy atom. The van der Waals surface area contributed by atoms with Crippen molar-refractivity contribution in [2.75, 3.05) is 17.3 Å². The molecule has 0 radical (unpaired) electrons. The molecule has 0 atom stereocenters. The Morgan fingerprint density at radius 3 is 2.35 bits per heavy atom. The number of carbonyl (C=O) groups is 1. The first kappa shape index (κ1) is 17.5. The van der Waals surface area contributed by atoms with E-state index in [0.717, 1.165) is 17.8 Å². The second kappa shape index (κ2) is 7.26. The van der Waals surface area contributed by atoms with E-state index in [-0.39, 0.29) is 17.4 Å². The summed E-state index contributed by atoms with van der Waals surface area (Å²) in [5, 5.41) is 2.55. The van der Waals surface area contributed by atoms with Crippen LogP contribution in [0.1, 0.15) is 10.4 Å². The van der Waals surface area contributed by atoms with Crippen molar-refractivity contribution in [3.05, 3.63) is 83.8 Å². The van der Waals surface area contributed by atoms with Crippen molar-refractivity contribution >= 4 is 23.1 Å². The molecule has 0 unspecified atom stereocenters. The highest BCUT2D eigenvalue weighted by atomic mass is 19.2. The third kappa shape index (κ3) is 3.51. The molecule has 7 heteroatoms. The molecule has 0 saturated heterocycles. The monoisotopic (exact) mass is 357 g/mol. The number of amides is 1. The van der Waals surface area contributed by atoms with Crippen LogP contribution >= 0.6 is 0 Å². The molecule has 0 aliphatic rings. The maximum atomic E-state index is 13.7. The van der Waals surface area contributed by atoms with Crippen LogP contribution in [0.3, 0.4) is 0 Å². The number of para-hydroxylation sites is 1. The number of nitrogens with zero attached hydrogens (tertiary/aromatic N) is 2. The quantitative estimate of drug-likeness (QED) is 0.699. The summed E-state index contributed by atoms with van der Waals surface area (Å²) >= 11 is 0. The van der Waals surface area contributed by atoms with E-state index in [1.54, 1.807) is 19.2 Å². The summed E-state index contributed by atoms with van der Waals surface area (Å²) in [6.45, 7) is 0. The molecule has 26 heavy (non-hydrogen) atoms. The first-order valence-corrected chi connectivity index (χ1v) is 7.67. The SMILES string of the molecule is CN(C(=O)c1ccc(Nc2ccc(F)c(F)c2F)nc1)c1ccccc1. The maximum absolute atomic E-state index is 13.7. The van der Waals surface area contributed by atoms with Crippen molar-refractivity contribution in [3.8, 4) is 0 Å². The number of pyridine rings is 1. The lowest BCUT2D eigenvalue weighted by molar-refractivity contribution is 0.0992. The molecule has 0 saturated carbocycles. The molecule has 2 aromatic carbocycles. The summed E-state index contributed by atoms with van der Waals surface area (Å²) in [6, 6.07) is 13.9. The topological polar surface area (TPSA) is 45.2 Å². The molecule has 3 aromatic rings. The molecule has 1 aromatic heterocycles. The fraction of sp³-hybridized carbons (Fsp3) is 0.0526. The molecule has 0 aliphatic carbocycles. The zero-order valence-corrected chi connectivity index (χ0v) is 13.7. The van der Waals surface area contributed by atoms with Crippen molar-refractivity contribution < 1.29 is 18.0 Å². The van der Waals surface area contributed by atoms with Crippen LogP contribution < -0.4 is 10.2 Å². The number of hydrogen-bond acceptors (Lipinski definition) is 3. The van der Waals surface area contributed by atoms with E-state index in [1.165, 1.54) is 23.2 Å². The minimum Gasteiger partial charge on any atom is -0.338 e. The Balaban J connectivity index is 1.77. The largest absolute Gasteiger partial charge is 0.338 e. The second-order valence-electron chi connectivity index (χ2n) is 5.48. The van der Waals surface area contributed by atoms with Gasteiger partial charge in [0.1, 0.15) is 5.82 Å². The lowest BCUT2D eigenvalue weighted by atomic mass is 10.2. The Hall–Kier alpha value is -3.35. The van der Waals surface area contributed by atoms with Gasteiger partial charge in [-0.3, -0.25) is 4.79 Å². The van der Waals surface area contributed by atoms with Gasteiger partial charge >= 0.3 is 0 Å². The fourth-order valence-electron chi connectivity index (χ4n) is 2.32. The molecule has 1 amide bonds. The average molecular weight is 357 g/mol. The summed E-state index contributed by atoms with van der Waals surface area (Å²) in [4.78, 5) is 18.0. The standard InChI is InChI=1S/C19H14F3N3O/c1-25(13-5-3-2-4-6-13)19(26)12-7-10-16(23-11-12)24-15-9-8-14(20)17(21)18(15)22/h2-11H,1H3,(H,23,24). The van der Waals surface area contributed by atoms with Crippen LogP contribution in [0.2, 0.25) is 0 Å². The van der Waals surface area contributed by atoms with E-state index >= 15 is 0 Å². The third-order valence-corrected chi connectivity index (χ3v) is 3.76. The predicted octanol–water partition coefficient (Wildman–Crippen LogP) is 4.52. The van der Waals surface area contributed by atoms with Crippen molar-refractivity contribution in [2.45, 2.75) is 0 Å². The molecule has 0 aliphatic heterocycles. The number of hydrogen-bond donors (Lipinski definition) is 1. The fourth-order valence-corrected chi connectivity index (χ4v) is 2.32. The normalized spacial score (nSPS) is 10.5. The summed E-state index contributed by atoms with van der Waals surface area (Å²) in [6.07, 6.45) is 1.32. The highest BCUT2D eigenvalue weighted by Crippen LogP contribution is 2.23. The van der Waals surface area contributed by atoms with Crippen LogP contribution in [0, 0.1) is 17.5 Å². The van der Waals surface area contributed by atoms with Crippen LogP contribution in [-0.2, 0) is 0 Å². The van der Waals surface area contributed by atoms with Gasteiger partial charge in [0, 0.05) is 18.9 Å². The number of halogens is 3. The van der Waals surface area contributed by atoms with Gasteiger partial charge in [-0.15, -0.1) is 0 Å². The van der Waals surface area contributed by atoms with Gasteiger partial charge in [0.25, 0.3) is 5.91 Å². The molecular formula is C19H14F3N3O. The maximum Gasteiger partial charge on any atom is 0.259 e. The molecule has 0 fully saturated rings. The smallest absolute Gasteiger partial charge is 0.259 e. The Bertz CT molecular complexity index is 931. The van der Waals surface area contributed by atoms with Gasteiger partial charge < -0.3 is 10.2 Å². The lowest BCUT2D eigenvalue weighted by Crippen LogP contribution is -2.26. The van der Waals surface area contributed by atoms with Crippen molar-refractivity contribution in [1.29, 1.82) is 0 Å². The van der Waals surface area contributed by atoms with Gasteiger partial charge in [-0.05, 0) is 36.4 Å². The van der Waals surface area contributed by atoms with Crippen LogP contribution in [0.5, 0.6) is 0 Å². The highest BCUT2D eigenvalue weighted by Gasteiger charge is 2.15. The predicted molar refractivity (Wildman–Crippen MR) is 93.0 cm³/mol. The number of benzene rings is 2. The van der Waals surface area contributed by atoms with Gasteiger partial charge in [-0.1, -0.05) is 18.2 Å². The molecule has 3 rings (SSSR count). The van der Waals surface area contributed by atoms with Crippen LogP contribution in [0.15, 0.2) is 60.8 Å². The van der Waals surface area contributed by atoms with Gasteiger partial charge in [0.05, 0.1) is 11.3 Å². The zero-order valence-electron chi connectivity index (χ0n) is 13.7. The van der Waals surface area contributed by atoms with Gasteiger partial charge in [0.2, 0.25) is 0 Å². The van der Waals surface area contributed by atoms with E-state index in [4.69, 9.17) is 0 Å². The van der Waals surface area contributed by atoms with E-state index in [1.807, 2.05) is 18.2 Å². The van der Waals surface area contributed by atoms with E-state index in [2.05, 4.69) is 10.3 Å². The minimum absolute atomic E-state index is 0.189. The van der Waals surface area contributed by atoms with Crippen LogP contribution in [0.25, 0.3) is 0 Å². The van der Waals surface area contributed by atoms with Gasteiger partial charge in [-0.2, -0.15) is 0 Å². The van der Waals surface area contributed by atoms with Crippen molar-refractivity contribution in [1.82, 2.24) is 4.98 Å². The first-order valence-electron chi connectivity index (χ1n) is 7.67. The number of carbonyl (C=O) groups excluding carboxylic acids is 1. The Kier molecular flexibility index (Phi) is 4.88. The minimum atomic E-state index is -1.56. The highest BCUT2D eigenvalue weighted by molar-refractivity contribution is 6.05. The third-order valence-electron chi connectivity index (χ3n) is 3.76. The zero-order chi connectivity index (χ0) is 18.7. The lowest BCUT2D eigenvalue weighted by Gasteiger charge is -2.17. The number of aromatic nitrogens is 1. The van der Waals surface area contributed by atoms with Crippen molar-refractivity contribution in [3.63, 3.8) is 0 Å². The molecule has 1 N–H and O–H groups in total. The number of anilines is 3. The molecule has 0 bridgehead atoms. The molecule has 0 spiro atoms. The second-order valence-corrected chi connectivity index (χ2v) is 5.48. The van der Waals surface area contributed by atoms with Crippen molar-refractivity contribution in [2.24, 2.45) is 0 Å². The Labute approximate surface area is 147 Å². The number of rotatable bonds is 4. The summed E-state index contributed by atoms with van der Waals surface area (Å²) in [7, 11) is 1.64. The molecule has 1 heterocycles. The van der Waals surface area contributed by atoms with Crippen LogP contribution in [-0.4, -0.2) is 17.9 Å². The summed E-state index contributed by atoms with van der Waals surface area (Å²) in [5.74, 6) is -4.25. The first-order chi connectivity index (χ1) is 12.5. The molecular weight excluding hydrogens is 343 g/mol. The average Bonchev–Trinajstić information content (AvgIpc) is 2.68. The van der Waals surface area contributed by atoms with E-state index in [0.29, 0.717) is 5.56 Å². The molecule has 4 nitrogen and oxygen atoms in total. The van der Waals surface area contributed by atoms with Crippen LogP contribution in [0.4, 0.5) is 30.4 Å². The number of nitrogens with one attached hydrogen (secondary N) is 1. The summed E-state index contributed by atoms with van der Waals surface area (Å²) < 4.78 is 39.9. The Morgan fingerprint density at radius 1 is 0.962 bits per heavy atom. The summed E-state index contributed by atoms with van der Waals surface area (Å²) in [5.41, 5.74) is 0.799. The van der Waals surface area contributed by atoms with E-state index < -0.39 is 17.5 Å². The van der Waals surface area contributed by atoms with Gasteiger partial charge in [-0.25, -0.2) is 18.2 Å². The van der Waals surface area contributed by atoms with Gasteiger partial charge in [0.15, 0.2) is 17.5 Å². The molecule has 132 valence electrons. The van der Waals surface area contributed by atoms with E-state index in [9.17, 15) is 18.0 Å².